The van der Waals surface area contributed by atoms with Crippen LogP contribution in [0.5, 0.6) is 11.5 Å². The molecule has 30 heavy (non-hydrogen) atoms. The number of nitrogens with zero attached hydrogens (tertiary/aromatic N) is 2. The number of ether oxygens (including phenoxy) is 2. The Morgan fingerprint density at radius 3 is 2.90 bits per heavy atom. The van der Waals surface area contributed by atoms with Crippen LogP contribution in [0.3, 0.4) is 0 Å². The molecular formula is C22H22N4O4. The van der Waals surface area contributed by atoms with Gasteiger partial charge in [0.25, 0.3) is 5.91 Å². The van der Waals surface area contributed by atoms with Crippen molar-refractivity contribution in [2.75, 3.05) is 18.7 Å². The maximum absolute atomic E-state index is 13.0. The molecule has 3 heterocycles. The van der Waals surface area contributed by atoms with E-state index >= 15 is 0 Å². The first-order valence-corrected chi connectivity index (χ1v) is 9.86. The van der Waals surface area contributed by atoms with Crippen LogP contribution in [0.2, 0.25) is 0 Å². The topological polar surface area (TPSA) is 83.1 Å². The molecule has 8 nitrogen and oxygen atoms in total. The van der Waals surface area contributed by atoms with Crippen LogP contribution >= 0.6 is 0 Å². The number of anilines is 1. The molecule has 0 bridgehead atoms. The molecule has 154 valence electrons. The van der Waals surface area contributed by atoms with E-state index in [1.165, 1.54) is 4.90 Å². The molecule has 2 unspecified atom stereocenters. The highest BCUT2D eigenvalue weighted by atomic mass is 16.7. The first-order chi connectivity index (χ1) is 14.6. The number of rotatable bonds is 4. The lowest BCUT2D eigenvalue weighted by atomic mass is 10.0. The lowest BCUT2D eigenvalue weighted by molar-refractivity contribution is -0.137. The molecule has 0 spiro atoms. The van der Waals surface area contributed by atoms with Gasteiger partial charge in [0.2, 0.25) is 12.7 Å². The summed E-state index contributed by atoms with van der Waals surface area (Å²) in [6, 6.07) is 13.0. The third-order valence-corrected chi connectivity index (χ3v) is 5.49. The van der Waals surface area contributed by atoms with Gasteiger partial charge in [-0.1, -0.05) is 18.2 Å². The molecule has 1 saturated heterocycles. The minimum absolute atomic E-state index is 0.0255. The van der Waals surface area contributed by atoms with E-state index in [0.717, 1.165) is 28.3 Å². The number of fused-ring (bicyclic) bond motifs is 2. The van der Waals surface area contributed by atoms with Crippen LogP contribution in [0.4, 0.5) is 5.69 Å². The Hall–Kier alpha value is -3.52. The van der Waals surface area contributed by atoms with Gasteiger partial charge in [-0.25, -0.2) is 5.43 Å². The van der Waals surface area contributed by atoms with Crippen LogP contribution in [-0.4, -0.2) is 41.1 Å². The number of hydrogen-bond donors (Lipinski definition) is 2. The monoisotopic (exact) mass is 406 g/mol. The quantitative estimate of drug-likeness (QED) is 0.811. The van der Waals surface area contributed by atoms with Crippen LogP contribution in [0, 0.1) is 6.92 Å². The lowest BCUT2D eigenvalue weighted by Gasteiger charge is -2.31. The number of hydrogen-bond acceptors (Lipinski definition) is 6. The van der Waals surface area contributed by atoms with Gasteiger partial charge in [0, 0.05) is 18.1 Å². The number of aryl methyl sites for hydroxylation is 1. The van der Waals surface area contributed by atoms with Gasteiger partial charge in [0.05, 0.1) is 6.04 Å². The van der Waals surface area contributed by atoms with Crippen molar-refractivity contribution >= 4 is 17.5 Å². The van der Waals surface area contributed by atoms with Gasteiger partial charge in [-0.3, -0.25) is 9.59 Å². The zero-order valence-corrected chi connectivity index (χ0v) is 16.5. The smallest absolute Gasteiger partial charge is 0.251 e. The van der Waals surface area contributed by atoms with Crippen molar-refractivity contribution in [3.8, 4) is 11.5 Å². The molecule has 0 saturated carbocycles. The van der Waals surface area contributed by atoms with Crippen molar-refractivity contribution in [2.45, 2.75) is 25.4 Å². The molecule has 3 aliphatic heterocycles. The molecular weight excluding hydrogens is 384 g/mol. The third kappa shape index (κ3) is 3.46. The second kappa shape index (κ2) is 7.38. The van der Waals surface area contributed by atoms with Crippen LogP contribution in [0.15, 0.2) is 54.9 Å². The molecule has 3 aliphatic rings. The molecule has 2 aromatic carbocycles. The molecule has 2 aromatic rings. The fraction of sp³-hybridized carbons (Fsp3) is 0.273. The van der Waals surface area contributed by atoms with Gasteiger partial charge in [-0.2, -0.15) is 0 Å². The Bertz CT molecular complexity index is 1040. The van der Waals surface area contributed by atoms with Gasteiger partial charge in [-0.05, 0) is 48.7 Å². The number of amides is 2. The second-order valence-electron chi connectivity index (χ2n) is 7.64. The van der Waals surface area contributed by atoms with Crippen molar-refractivity contribution in [2.24, 2.45) is 0 Å². The van der Waals surface area contributed by atoms with Crippen LogP contribution in [0.25, 0.3) is 0 Å². The summed E-state index contributed by atoms with van der Waals surface area (Å²) in [5.74, 6) is 1.12. The van der Waals surface area contributed by atoms with Gasteiger partial charge in [-0.15, -0.1) is 0 Å². The molecule has 0 radical (unpaired) electrons. The standard InChI is InChI=1S/C22H22N4O4/c1-14-3-2-4-16(9-14)23-21(27)12-25-7-8-26-18(22(25)28)11-17(24-26)15-5-6-19-20(10-15)30-13-29-19/h2-10,17-18,24H,11-13H2,1H3,(H,23,27). The predicted octanol–water partition coefficient (Wildman–Crippen LogP) is 2.30. The Balaban J connectivity index is 1.24. The van der Waals surface area contributed by atoms with Crippen molar-refractivity contribution in [3.63, 3.8) is 0 Å². The minimum atomic E-state index is -0.364. The third-order valence-electron chi connectivity index (χ3n) is 5.49. The van der Waals surface area contributed by atoms with E-state index in [4.69, 9.17) is 9.47 Å². The molecule has 2 N–H and O–H groups in total. The summed E-state index contributed by atoms with van der Waals surface area (Å²) in [6.07, 6.45) is 4.04. The Morgan fingerprint density at radius 2 is 2.03 bits per heavy atom. The molecule has 0 aromatic heterocycles. The SMILES string of the molecule is Cc1cccc(NC(=O)CN2C=CN3NC(c4ccc5c(c4)OCO5)CC3C2=O)c1. The van der Waals surface area contributed by atoms with Gasteiger partial charge < -0.3 is 24.7 Å². The van der Waals surface area contributed by atoms with E-state index in [1.54, 1.807) is 12.4 Å². The predicted molar refractivity (Wildman–Crippen MR) is 109 cm³/mol. The minimum Gasteiger partial charge on any atom is -0.454 e. The van der Waals surface area contributed by atoms with Gasteiger partial charge in [0.15, 0.2) is 11.5 Å². The number of carbonyl (C=O) groups excluding carboxylic acids is 2. The first kappa shape index (κ1) is 18.5. The molecule has 8 heteroatoms. The fourth-order valence-corrected chi connectivity index (χ4v) is 3.99. The number of hydrazine groups is 1. The summed E-state index contributed by atoms with van der Waals surface area (Å²) >= 11 is 0. The summed E-state index contributed by atoms with van der Waals surface area (Å²) in [4.78, 5) is 26.9. The Kier molecular flexibility index (Phi) is 4.55. The zero-order chi connectivity index (χ0) is 20.7. The zero-order valence-electron chi connectivity index (χ0n) is 16.5. The van der Waals surface area contributed by atoms with Crippen LogP contribution < -0.4 is 20.2 Å². The van der Waals surface area contributed by atoms with Crippen LogP contribution in [0.1, 0.15) is 23.6 Å². The summed E-state index contributed by atoms with van der Waals surface area (Å²) in [7, 11) is 0. The maximum Gasteiger partial charge on any atom is 0.251 e. The van der Waals surface area contributed by atoms with Crippen molar-refractivity contribution in [3.05, 3.63) is 66.0 Å². The number of benzene rings is 2. The van der Waals surface area contributed by atoms with Crippen molar-refractivity contribution in [1.82, 2.24) is 15.3 Å². The van der Waals surface area contributed by atoms with Crippen molar-refractivity contribution in [1.29, 1.82) is 0 Å². The first-order valence-electron chi connectivity index (χ1n) is 9.86. The molecule has 2 amide bonds. The Morgan fingerprint density at radius 1 is 1.17 bits per heavy atom. The number of carbonyl (C=O) groups is 2. The number of nitrogens with one attached hydrogen (secondary N) is 2. The normalized spacial score (nSPS) is 21.7. The average Bonchev–Trinajstić information content (AvgIpc) is 3.36. The molecule has 5 rings (SSSR count). The summed E-state index contributed by atoms with van der Waals surface area (Å²) in [5.41, 5.74) is 6.16. The van der Waals surface area contributed by atoms with Crippen molar-refractivity contribution < 1.29 is 19.1 Å². The van der Waals surface area contributed by atoms with E-state index in [0.29, 0.717) is 6.42 Å². The van der Waals surface area contributed by atoms with Gasteiger partial charge in [0.1, 0.15) is 12.6 Å². The van der Waals surface area contributed by atoms with E-state index in [-0.39, 0.29) is 37.2 Å². The summed E-state index contributed by atoms with van der Waals surface area (Å²) in [5, 5.41) is 4.66. The highest BCUT2D eigenvalue weighted by Crippen LogP contribution is 2.37. The van der Waals surface area contributed by atoms with Crippen LogP contribution in [-0.2, 0) is 9.59 Å². The molecule has 0 aliphatic carbocycles. The van der Waals surface area contributed by atoms with E-state index in [2.05, 4.69) is 10.7 Å². The van der Waals surface area contributed by atoms with E-state index < -0.39 is 0 Å². The molecule has 1 fully saturated rings. The summed E-state index contributed by atoms with van der Waals surface area (Å²) < 4.78 is 10.8. The highest BCUT2D eigenvalue weighted by Gasteiger charge is 2.40. The fourth-order valence-electron chi connectivity index (χ4n) is 3.99. The highest BCUT2D eigenvalue weighted by molar-refractivity contribution is 5.96. The summed E-state index contributed by atoms with van der Waals surface area (Å²) in [6.45, 7) is 2.17. The lowest BCUT2D eigenvalue weighted by Crippen LogP contribution is -2.49. The second-order valence-corrected chi connectivity index (χ2v) is 7.64. The Labute approximate surface area is 174 Å². The molecule has 2 atom stereocenters. The van der Waals surface area contributed by atoms with E-state index in [9.17, 15) is 9.59 Å². The van der Waals surface area contributed by atoms with E-state index in [1.807, 2.05) is 54.4 Å². The van der Waals surface area contributed by atoms with Gasteiger partial charge >= 0.3 is 0 Å². The maximum atomic E-state index is 13.0. The average molecular weight is 406 g/mol. The largest absolute Gasteiger partial charge is 0.454 e.